The number of ether oxygens (including phenoxy) is 1. The number of rotatable bonds is 6. The highest BCUT2D eigenvalue weighted by Crippen LogP contribution is 2.30. The van der Waals surface area contributed by atoms with E-state index in [2.05, 4.69) is 20.8 Å². The first-order chi connectivity index (χ1) is 13.2. The predicted molar refractivity (Wildman–Crippen MR) is 96.1 cm³/mol. The molecule has 8 nitrogen and oxygen atoms in total. The third-order valence-corrected chi connectivity index (χ3v) is 4.20. The summed E-state index contributed by atoms with van der Waals surface area (Å²) in [5.74, 6) is 0.0869. The van der Waals surface area contributed by atoms with Crippen molar-refractivity contribution in [1.82, 2.24) is 20.2 Å². The monoisotopic (exact) mass is 363 g/mol. The van der Waals surface area contributed by atoms with Gasteiger partial charge < -0.3 is 10.1 Å². The number of benzene rings is 2. The molecule has 1 amide bonds. The van der Waals surface area contributed by atoms with Crippen LogP contribution in [0.1, 0.15) is 29.0 Å². The van der Waals surface area contributed by atoms with Crippen LogP contribution >= 0.6 is 0 Å². The van der Waals surface area contributed by atoms with Crippen LogP contribution in [0.3, 0.4) is 0 Å². The highest BCUT2D eigenvalue weighted by Gasteiger charge is 2.29. The summed E-state index contributed by atoms with van der Waals surface area (Å²) in [7, 11) is 0. The van der Waals surface area contributed by atoms with Gasteiger partial charge in [0.1, 0.15) is 0 Å². The zero-order chi connectivity index (χ0) is 18.6. The molecule has 1 fully saturated rings. The Morgan fingerprint density at radius 1 is 1.07 bits per heavy atom. The predicted octanol–water partition coefficient (Wildman–Crippen LogP) is 2.37. The number of carbonyl (C=O) groups excluding carboxylic acids is 2. The first kappa shape index (κ1) is 16.9. The lowest BCUT2D eigenvalue weighted by atomic mass is 10.2. The molecule has 1 aliphatic rings. The second-order valence-electron chi connectivity index (χ2n) is 6.26. The van der Waals surface area contributed by atoms with Crippen molar-refractivity contribution in [2.45, 2.75) is 19.4 Å². The van der Waals surface area contributed by atoms with Gasteiger partial charge in [-0.3, -0.25) is 4.79 Å². The number of anilines is 1. The molecule has 0 spiro atoms. The van der Waals surface area contributed by atoms with Crippen LogP contribution in [0.15, 0.2) is 54.6 Å². The second kappa shape index (κ2) is 7.36. The number of hydrogen-bond acceptors (Lipinski definition) is 6. The Bertz CT molecular complexity index is 949. The minimum absolute atomic E-state index is 0.0260. The summed E-state index contributed by atoms with van der Waals surface area (Å²) in [6, 6.07) is 16.0. The third kappa shape index (κ3) is 4.00. The molecular formula is C19H17N5O3. The van der Waals surface area contributed by atoms with E-state index in [0.717, 1.165) is 18.5 Å². The normalized spacial score (nSPS) is 13.2. The van der Waals surface area contributed by atoms with E-state index in [9.17, 15) is 9.59 Å². The molecule has 1 saturated carbocycles. The molecule has 3 aromatic rings. The fourth-order valence-electron chi connectivity index (χ4n) is 2.56. The molecule has 27 heavy (non-hydrogen) atoms. The molecule has 1 heterocycles. The number of tetrazole rings is 1. The van der Waals surface area contributed by atoms with Crippen molar-refractivity contribution in [3.05, 3.63) is 66.0 Å². The molecule has 0 bridgehead atoms. The minimum Gasteiger partial charge on any atom is -0.454 e. The van der Waals surface area contributed by atoms with Crippen LogP contribution < -0.4 is 5.32 Å². The zero-order valence-corrected chi connectivity index (χ0v) is 14.4. The van der Waals surface area contributed by atoms with Crippen molar-refractivity contribution in [2.24, 2.45) is 5.92 Å². The van der Waals surface area contributed by atoms with E-state index >= 15 is 0 Å². The van der Waals surface area contributed by atoms with Gasteiger partial charge >= 0.3 is 5.97 Å². The molecule has 1 aliphatic carbocycles. The lowest BCUT2D eigenvalue weighted by Crippen LogP contribution is -2.13. The Morgan fingerprint density at radius 2 is 1.81 bits per heavy atom. The van der Waals surface area contributed by atoms with E-state index in [0.29, 0.717) is 17.1 Å². The maximum absolute atomic E-state index is 12.3. The molecule has 136 valence electrons. The van der Waals surface area contributed by atoms with Crippen molar-refractivity contribution < 1.29 is 14.3 Å². The Morgan fingerprint density at radius 3 is 2.52 bits per heavy atom. The number of hydrogen-bond donors (Lipinski definition) is 1. The average molecular weight is 363 g/mol. The number of nitrogens with zero attached hydrogens (tertiary/aromatic N) is 4. The van der Waals surface area contributed by atoms with E-state index < -0.39 is 5.97 Å². The maximum Gasteiger partial charge on any atom is 0.338 e. The minimum atomic E-state index is -0.488. The topological polar surface area (TPSA) is 99.0 Å². The van der Waals surface area contributed by atoms with Gasteiger partial charge in [-0.1, -0.05) is 18.2 Å². The first-order valence-electron chi connectivity index (χ1n) is 8.61. The number of esters is 1. The number of para-hydroxylation sites is 1. The van der Waals surface area contributed by atoms with E-state index in [-0.39, 0.29) is 18.4 Å². The van der Waals surface area contributed by atoms with Gasteiger partial charge in [0.05, 0.1) is 11.3 Å². The maximum atomic E-state index is 12.3. The largest absolute Gasteiger partial charge is 0.454 e. The Hall–Kier alpha value is -3.55. The fourth-order valence-corrected chi connectivity index (χ4v) is 2.56. The molecular weight excluding hydrogens is 346 g/mol. The standard InChI is InChI=1S/C19H17N5O3/c25-18(13-6-7-13)20-15-10-8-14(9-11-15)19(26)27-12-17-21-22-23-24(17)16-4-2-1-3-5-16/h1-5,8-11,13H,6-7,12H2,(H,20,25). The molecule has 0 saturated heterocycles. The summed E-state index contributed by atoms with van der Waals surface area (Å²) in [4.78, 5) is 24.0. The molecule has 1 N–H and O–H groups in total. The summed E-state index contributed by atoms with van der Waals surface area (Å²) in [6.07, 6.45) is 1.89. The SMILES string of the molecule is O=C(OCc1nnnn1-c1ccccc1)c1ccc(NC(=O)C2CC2)cc1. The average Bonchev–Trinajstić information content (AvgIpc) is 3.46. The molecule has 0 radical (unpaired) electrons. The van der Waals surface area contributed by atoms with Crippen molar-refractivity contribution in [3.8, 4) is 5.69 Å². The fraction of sp³-hybridized carbons (Fsp3) is 0.211. The van der Waals surface area contributed by atoms with E-state index in [1.54, 1.807) is 24.3 Å². The van der Waals surface area contributed by atoms with Gasteiger partial charge in [-0.2, -0.15) is 4.68 Å². The smallest absolute Gasteiger partial charge is 0.338 e. The summed E-state index contributed by atoms with van der Waals surface area (Å²) in [5, 5.41) is 14.3. The molecule has 8 heteroatoms. The number of aromatic nitrogens is 4. The lowest BCUT2D eigenvalue weighted by molar-refractivity contribution is -0.117. The summed E-state index contributed by atoms with van der Waals surface area (Å²) >= 11 is 0. The van der Waals surface area contributed by atoms with Crippen LogP contribution in [0.2, 0.25) is 0 Å². The van der Waals surface area contributed by atoms with E-state index in [4.69, 9.17) is 4.74 Å². The van der Waals surface area contributed by atoms with Crippen LogP contribution in [0.25, 0.3) is 5.69 Å². The molecule has 0 unspecified atom stereocenters. The van der Waals surface area contributed by atoms with Crippen molar-refractivity contribution in [3.63, 3.8) is 0 Å². The number of amides is 1. The highest BCUT2D eigenvalue weighted by atomic mass is 16.5. The van der Waals surface area contributed by atoms with Gasteiger partial charge in [-0.05, 0) is 59.7 Å². The Kier molecular flexibility index (Phi) is 4.61. The third-order valence-electron chi connectivity index (χ3n) is 4.20. The van der Waals surface area contributed by atoms with Crippen molar-refractivity contribution in [1.29, 1.82) is 0 Å². The van der Waals surface area contributed by atoms with Crippen molar-refractivity contribution >= 4 is 17.6 Å². The van der Waals surface area contributed by atoms with Crippen molar-refractivity contribution in [2.75, 3.05) is 5.32 Å². The molecule has 1 aromatic heterocycles. The number of nitrogens with one attached hydrogen (secondary N) is 1. The zero-order valence-electron chi connectivity index (χ0n) is 14.4. The molecule has 0 atom stereocenters. The van der Waals surface area contributed by atoms with Crippen LogP contribution in [0.4, 0.5) is 5.69 Å². The van der Waals surface area contributed by atoms with Gasteiger partial charge in [0.15, 0.2) is 12.4 Å². The lowest BCUT2D eigenvalue weighted by Gasteiger charge is -2.07. The number of carbonyl (C=O) groups is 2. The van der Waals surface area contributed by atoms with Gasteiger partial charge in [-0.25, -0.2) is 4.79 Å². The highest BCUT2D eigenvalue weighted by molar-refractivity contribution is 5.95. The van der Waals surface area contributed by atoms with E-state index in [1.165, 1.54) is 4.68 Å². The van der Waals surface area contributed by atoms with E-state index in [1.807, 2.05) is 30.3 Å². The van der Waals surface area contributed by atoms with Crippen LogP contribution in [0, 0.1) is 5.92 Å². The summed E-state index contributed by atoms with van der Waals surface area (Å²) in [5.41, 5.74) is 1.83. The van der Waals surface area contributed by atoms with Gasteiger partial charge in [0.25, 0.3) is 0 Å². The summed E-state index contributed by atoms with van der Waals surface area (Å²) < 4.78 is 6.83. The quantitative estimate of drug-likeness (QED) is 0.675. The summed E-state index contributed by atoms with van der Waals surface area (Å²) in [6.45, 7) is -0.0547. The first-order valence-corrected chi connectivity index (χ1v) is 8.61. The molecule has 4 rings (SSSR count). The van der Waals surface area contributed by atoms with Crippen LogP contribution in [-0.4, -0.2) is 32.1 Å². The van der Waals surface area contributed by atoms with Gasteiger partial charge in [-0.15, -0.1) is 5.10 Å². The Balaban J connectivity index is 1.37. The molecule has 2 aromatic carbocycles. The van der Waals surface area contributed by atoms with Crippen LogP contribution in [0.5, 0.6) is 0 Å². The second-order valence-corrected chi connectivity index (χ2v) is 6.26. The van der Waals surface area contributed by atoms with Crippen LogP contribution in [-0.2, 0) is 16.1 Å². The van der Waals surface area contributed by atoms with Gasteiger partial charge in [0.2, 0.25) is 5.91 Å². The Labute approximate surface area is 155 Å². The van der Waals surface area contributed by atoms with Gasteiger partial charge in [0, 0.05) is 11.6 Å². The molecule has 0 aliphatic heterocycles.